The molecule has 0 bridgehead atoms. The molecule has 0 aromatic heterocycles. The molecule has 1 aromatic carbocycles. The number of nitriles is 1. The highest BCUT2D eigenvalue weighted by Gasteiger charge is 2.30. The molecule has 27 heavy (non-hydrogen) atoms. The highest BCUT2D eigenvalue weighted by molar-refractivity contribution is 5.89. The van der Waals surface area contributed by atoms with Gasteiger partial charge in [0.15, 0.2) is 0 Å². The molecule has 0 aliphatic carbocycles. The predicted molar refractivity (Wildman–Crippen MR) is 94.2 cm³/mol. The van der Waals surface area contributed by atoms with E-state index in [1.165, 1.54) is 13.8 Å². The fraction of sp³-hybridized carbons (Fsp3) is 0.444. The summed E-state index contributed by atoms with van der Waals surface area (Å²) in [6.45, 7) is 2.76. The summed E-state index contributed by atoms with van der Waals surface area (Å²) in [5, 5.41) is 32.2. The molecule has 146 valence electrons. The number of hydrogen-bond donors (Lipinski definition) is 4. The Morgan fingerprint density at radius 1 is 1.19 bits per heavy atom. The van der Waals surface area contributed by atoms with Crippen molar-refractivity contribution in [3.63, 3.8) is 0 Å². The van der Waals surface area contributed by atoms with Gasteiger partial charge in [0.2, 0.25) is 5.91 Å². The smallest absolute Gasteiger partial charge is 0.408 e. The van der Waals surface area contributed by atoms with Crippen LogP contribution in [0.4, 0.5) is 4.79 Å². The monoisotopic (exact) mass is 377 g/mol. The van der Waals surface area contributed by atoms with Crippen molar-refractivity contribution in [2.45, 2.75) is 45.1 Å². The lowest BCUT2D eigenvalue weighted by Gasteiger charge is -2.23. The van der Waals surface area contributed by atoms with E-state index in [1.807, 2.05) is 12.1 Å². The van der Waals surface area contributed by atoms with Crippen LogP contribution >= 0.6 is 0 Å². The lowest BCUT2D eigenvalue weighted by atomic mass is 10.0. The number of aliphatic hydroxyl groups is 1. The quantitative estimate of drug-likeness (QED) is 0.497. The number of benzene rings is 1. The molecular formula is C18H23N3O6. The van der Waals surface area contributed by atoms with Crippen LogP contribution in [0.5, 0.6) is 0 Å². The zero-order valence-electron chi connectivity index (χ0n) is 15.1. The Balaban J connectivity index is 2.67. The molecule has 4 atom stereocenters. The van der Waals surface area contributed by atoms with Gasteiger partial charge in [0.05, 0.1) is 12.2 Å². The van der Waals surface area contributed by atoms with Crippen LogP contribution in [0.1, 0.15) is 25.8 Å². The van der Waals surface area contributed by atoms with E-state index in [0.29, 0.717) is 0 Å². The van der Waals surface area contributed by atoms with Crippen LogP contribution in [0, 0.1) is 17.2 Å². The number of carboxylic acids is 1. The molecule has 1 aromatic rings. The minimum absolute atomic E-state index is 0.0295. The Morgan fingerprint density at radius 3 is 2.33 bits per heavy atom. The molecule has 0 unspecified atom stereocenters. The maximum Gasteiger partial charge on any atom is 0.408 e. The first-order valence-corrected chi connectivity index (χ1v) is 8.32. The summed E-state index contributed by atoms with van der Waals surface area (Å²) < 4.78 is 4.99. The summed E-state index contributed by atoms with van der Waals surface area (Å²) in [6, 6.07) is 8.01. The maximum absolute atomic E-state index is 12.3. The number of nitrogens with one attached hydrogen (secondary N) is 2. The van der Waals surface area contributed by atoms with Crippen molar-refractivity contribution in [2.75, 3.05) is 0 Å². The zero-order chi connectivity index (χ0) is 20.4. The summed E-state index contributed by atoms with van der Waals surface area (Å²) in [7, 11) is 0. The van der Waals surface area contributed by atoms with Gasteiger partial charge in [-0.2, -0.15) is 5.26 Å². The average Bonchev–Trinajstić information content (AvgIpc) is 2.64. The normalized spacial score (nSPS) is 14.7. The predicted octanol–water partition coefficient (Wildman–Crippen LogP) is 0.781. The number of carboxylic acid groups (broad SMARTS) is 1. The molecule has 0 radical (unpaired) electrons. The van der Waals surface area contributed by atoms with E-state index in [0.717, 1.165) is 5.56 Å². The molecule has 9 nitrogen and oxygen atoms in total. The summed E-state index contributed by atoms with van der Waals surface area (Å²) in [5.41, 5.74) is 0.738. The number of nitrogens with zero attached hydrogens (tertiary/aromatic N) is 1. The number of rotatable bonds is 9. The molecule has 0 saturated carbocycles. The van der Waals surface area contributed by atoms with Crippen molar-refractivity contribution < 1.29 is 29.3 Å². The van der Waals surface area contributed by atoms with E-state index in [-0.39, 0.29) is 13.0 Å². The first kappa shape index (κ1) is 21.9. The van der Waals surface area contributed by atoms with Crippen LogP contribution in [0.25, 0.3) is 0 Å². The van der Waals surface area contributed by atoms with Gasteiger partial charge in [0.25, 0.3) is 0 Å². The van der Waals surface area contributed by atoms with Gasteiger partial charge in [0.1, 0.15) is 18.7 Å². The topological polar surface area (TPSA) is 149 Å². The van der Waals surface area contributed by atoms with E-state index < -0.39 is 42.1 Å². The third-order valence-electron chi connectivity index (χ3n) is 3.68. The van der Waals surface area contributed by atoms with Crippen LogP contribution in [0.3, 0.4) is 0 Å². The van der Waals surface area contributed by atoms with Gasteiger partial charge < -0.3 is 25.6 Å². The van der Waals surface area contributed by atoms with Gasteiger partial charge in [-0.25, -0.2) is 9.59 Å². The van der Waals surface area contributed by atoms with Crippen LogP contribution < -0.4 is 10.6 Å². The van der Waals surface area contributed by atoms with Crippen LogP contribution in [-0.4, -0.2) is 46.4 Å². The number of aliphatic hydroxyl groups excluding tert-OH is 1. The van der Waals surface area contributed by atoms with Gasteiger partial charge in [-0.3, -0.25) is 4.79 Å². The molecule has 9 heteroatoms. The number of alkyl carbamates (subject to hydrolysis) is 1. The van der Waals surface area contributed by atoms with Crippen molar-refractivity contribution >= 4 is 18.0 Å². The van der Waals surface area contributed by atoms with Gasteiger partial charge in [-0.15, -0.1) is 0 Å². The van der Waals surface area contributed by atoms with E-state index >= 15 is 0 Å². The summed E-state index contributed by atoms with van der Waals surface area (Å²) in [5.74, 6) is -2.80. The van der Waals surface area contributed by atoms with Crippen LogP contribution in [0.2, 0.25) is 0 Å². The number of hydrogen-bond acceptors (Lipinski definition) is 6. The minimum Gasteiger partial charge on any atom is -0.480 e. The SMILES string of the molecule is C[C@H](C#N)C[C@H](NC(=O)[C@@H](NC(=O)OCc1ccccc1)[C@@H](C)O)C(=O)O. The Hall–Kier alpha value is -3.12. The third kappa shape index (κ3) is 7.75. The van der Waals surface area contributed by atoms with Crippen molar-refractivity contribution in [3.05, 3.63) is 35.9 Å². The Kier molecular flexibility index (Phi) is 8.75. The van der Waals surface area contributed by atoms with Gasteiger partial charge >= 0.3 is 12.1 Å². The van der Waals surface area contributed by atoms with E-state index in [4.69, 9.17) is 10.00 Å². The maximum atomic E-state index is 12.3. The van der Waals surface area contributed by atoms with E-state index in [9.17, 15) is 24.6 Å². The molecule has 0 fully saturated rings. The molecule has 0 aliphatic rings. The largest absolute Gasteiger partial charge is 0.480 e. The fourth-order valence-corrected chi connectivity index (χ4v) is 2.19. The second-order valence-corrected chi connectivity index (χ2v) is 6.09. The lowest BCUT2D eigenvalue weighted by Crippen LogP contribution is -2.56. The number of carbonyl (C=O) groups is 3. The first-order chi connectivity index (χ1) is 12.7. The molecule has 0 saturated heterocycles. The summed E-state index contributed by atoms with van der Waals surface area (Å²) in [4.78, 5) is 35.4. The second-order valence-electron chi connectivity index (χ2n) is 6.09. The molecule has 0 spiro atoms. The van der Waals surface area contributed by atoms with Crippen molar-refractivity contribution in [1.82, 2.24) is 10.6 Å². The van der Waals surface area contributed by atoms with Gasteiger partial charge in [0, 0.05) is 5.92 Å². The Labute approximate surface area is 156 Å². The van der Waals surface area contributed by atoms with Crippen LogP contribution in [0.15, 0.2) is 30.3 Å². The Bertz CT molecular complexity index is 686. The van der Waals surface area contributed by atoms with Crippen molar-refractivity contribution in [3.8, 4) is 6.07 Å². The van der Waals surface area contributed by atoms with Gasteiger partial charge in [-0.1, -0.05) is 30.3 Å². The van der Waals surface area contributed by atoms with Crippen molar-refractivity contribution in [2.24, 2.45) is 5.92 Å². The number of carbonyl (C=O) groups excluding carboxylic acids is 2. The number of amides is 2. The van der Waals surface area contributed by atoms with E-state index in [1.54, 1.807) is 24.3 Å². The van der Waals surface area contributed by atoms with E-state index in [2.05, 4.69) is 10.6 Å². The molecular weight excluding hydrogens is 354 g/mol. The van der Waals surface area contributed by atoms with Crippen LogP contribution in [-0.2, 0) is 20.9 Å². The summed E-state index contributed by atoms with van der Waals surface area (Å²) >= 11 is 0. The molecule has 0 heterocycles. The third-order valence-corrected chi connectivity index (χ3v) is 3.68. The molecule has 4 N–H and O–H groups in total. The standard InChI is InChI=1S/C18H23N3O6/c1-11(9-19)8-14(17(24)25)20-16(23)15(12(2)22)21-18(26)27-10-13-6-4-3-5-7-13/h3-7,11-12,14-15,22H,8,10H2,1-2H3,(H,20,23)(H,21,26)(H,24,25)/t11-,12+,14-,15-/m0/s1. The number of ether oxygens (including phenoxy) is 1. The minimum atomic E-state index is -1.41. The lowest BCUT2D eigenvalue weighted by molar-refractivity contribution is -0.142. The average molecular weight is 377 g/mol. The fourth-order valence-electron chi connectivity index (χ4n) is 2.19. The Morgan fingerprint density at radius 2 is 1.81 bits per heavy atom. The zero-order valence-corrected chi connectivity index (χ0v) is 15.1. The van der Waals surface area contributed by atoms with Gasteiger partial charge in [-0.05, 0) is 25.8 Å². The highest BCUT2D eigenvalue weighted by atomic mass is 16.5. The van der Waals surface area contributed by atoms with Crippen molar-refractivity contribution in [1.29, 1.82) is 5.26 Å². The highest BCUT2D eigenvalue weighted by Crippen LogP contribution is 2.07. The second kappa shape index (κ2) is 10.8. The molecule has 1 rings (SSSR count). The molecule has 2 amide bonds. The number of aliphatic carboxylic acids is 1. The first-order valence-electron chi connectivity index (χ1n) is 8.32. The summed E-state index contributed by atoms with van der Waals surface area (Å²) in [6.07, 6.45) is -2.34. The molecule has 0 aliphatic heterocycles.